The highest BCUT2D eigenvalue weighted by molar-refractivity contribution is 5.70. The van der Waals surface area contributed by atoms with E-state index in [-0.39, 0.29) is 17.3 Å². The summed E-state index contributed by atoms with van der Waals surface area (Å²) in [5.74, 6) is 0.248. The van der Waals surface area contributed by atoms with Gasteiger partial charge in [-0.15, -0.1) is 0 Å². The van der Waals surface area contributed by atoms with Crippen molar-refractivity contribution < 1.29 is 9.31 Å². The third kappa shape index (κ3) is 3.05. The zero-order chi connectivity index (χ0) is 17.1. The summed E-state index contributed by atoms with van der Waals surface area (Å²) in [5.41, 5.74) is 0.819. The predicted molar refractivity (Wildman–Crippen MR) is 89.1 cm³/mol. The Morgan fingerprint density at radius 3 is 2.33 bits per heavy atom. The quantitative estimate of drug-likeness (QED) is 0.676. The average molecular weight is 332 g/mol. The predicted octanol–water partition coefficient (Wildman–Crippen LogP) is 1.89. The Bertz CT molecular complexity index is 731. The van der Waals surface area contributed by atoms with Crippen LogP contribution in [-0.2, 0) is 0 Å². The van der Waals surface area contributed by atoms with Gasteiger partial charge in [0.2, 0.25) is 11.6 Å². The van der Waals surface area contributed by atoms with Crippen molar-refractivity contribution in [3.05, 3.63) is 46.5 Å². The first kappa shape index (κ1) is 15.9. The fourth-order valence-corrected chi connectivity index (χ4v) is 2.78. The van der Waals surface area contributed by atoms with Crippen molar-refractivity contribution >= 4 is 23.0 Å². The Hall–Kier alpha value is -2.97. The normalized spacial score (nSPS) is 14.6. The van der Waals surface area contributed by atoms with Crippen molar-refractivity contribution in [2.24, 2.45) is 0 Å². The average Bonchev–Trinajstić information content (AvgIpc) is 2.61. The monoisotopic (exact) mass is 332 g/mol. The third-order valence-electron chi connectivity index (χ3n) is 3.99. The Balaban J connectivity index is 1.77. The van der Waals surface area contributed by atoms with Crippen molar-refractivity contribution in [1.82, 2.24) is 9.97 Å². The molecule has 1 fully saturated rings. The van der Waals surface area contributed by atoms with E-state index >= 15 is 0 Å². The molecular formula is C15H17FN6O2. The number of hydrogen-bond donors (Lipinski definition) is 1. The number of rotatable bonds is 4. The molecule has 1 aromatic carbocycles. The zero-order valence-electron chi connectivity index (χ0n) is 13.1. The number of piperazine rings is 1. The lowest BCUT2D eigenvalue weighted by atomic mass is 10.2. The van der Waals surface area contributed by atoms with Gasteiger partial charge in [0.25, 0.3) is 0 Å². The highest BCUT2D eigenvalue weighted by Gasteiger charge is 2.28. The van der Waals surface area contributed by atoms with Crippen molar-refractivity contribution in [3.8, 4) is 0 Å². The van der Waals surface area contributed by atoms with Crippen LogP contribution >= 0.6 is 0 Å². The third-order valence-corrected chi connectivity index (χ3v) is 3.99. The summed E-state index contributed by atoms with van der Waals surface area (Å²) in [6.07, 6.45) is 1.32. The number of nitrogens with one attached hydrogen (secondary N) is 1. The molecule has 0 radical (unpaired) electrons. The minimum absolute atomic E-state index is 0.116. The molecule has 1 aromatic heterocycles. The summed E-state index contributed by atoms with van der Waals surface area (Å²) in [6.45, 7) is 2.50. The largest absolute Gasteiger partial charge is 0.368 e. The molecule has 0 atom stereocenters. The van der Waals surface area contributed by atoms with E-state index in [0.29, 0.717) is 32.0 Å². The van der Waals surface area contributed by atoms with E-state index in [2.05, 4.69) is 20.2 Å². The highest BCUT2D eigenvalue weighted by Crippen LogP contribution is 2.32. The van der Waals surface area contributed by atoms with Crippen molar-refractivity contribution in [2.75, 3.05) is 48.3 Å². The van der Waals surface area contributed by atoms with Gasteiger partial charge in [0, 0.05) is 38.9 Å². The van der Waals surface area contributed by atoms with E-state index in [1.807, 2.05) is 4.90 Å². The SMILES string of the molecule is CNc1ncnc(N2CCN(c3ccc(F)cc3)CC2)c1[N+](=O)[O-]. The van der Waals surface area contributed by atoms with Crippen LogP contribution in [0, 0.1) is 15.9 Å². The number of nitrogens with zero attached hydrogens (tertiary/aromatic N) is 5. The van der Waals surface area contributed by atoms with Gasteiger partial charge in [0.1, 0.15) is 12.1 Å². The van der Waals surface area contributed by atoms with Crippen LogP contribution in [0.15, 0.2) is 30.6 Å². The molecule has 0 unspecified atom stereocenters. The minimum atomic E-state index is -0.465. The van der Waals surface area contributed by atoms with E-state index in [4.69, 9.17) is 0 Å². The van der Waals surface area contributed by atoms with Gasteiger partial charge in [-0.2, -0.15) is 0 Å². The van der Waals surface area contributed by atoms with Gasteiger partial charge in [0.05, 0.1) is 4.92 Å². The second-order valence-electron chi connectivity index (χ2n) is 5.35. The Labute approximate surface area is 138 Å². The molecule has 0 aliphatic carbocycles. The molecule has 0 amide bonds. The molecule has 0 bridgehead atoms. The molecule has 3 rings (SSSR count). The summed E-state index contributed by atoms with van der Waals surface area (Å²) in [7, 11) is 1.59. The molecule has 9 heteroatoms. The van der Waals surface area contributed by atoms with Crippen molar-refractivity contribution in [2.45, 2.75) is 0 Å². The number of hydrogen-bond acceptors (Lipinski definition) is 7. The lowest BCUT2D eigenvalue weighted by molar-refractivity contribution is -0.383. The fourth-order valence-electron chi connectivity index (χ4n) is 2.78. The number of aromatic nitrogens is 2. The first-order valence-electron chi connectivity index (χ1n) is 7.52. The van der Waals surface area contributed by atoms with Gasteiger partial charge < -0.3 is 15.1 Å². The lowest BCUT2D eigenvalue weighted by Gasteiger charge is -2.36. The molecule has 1 N–H and O–H groups in total. The van der Waals surface area contributed by atoms with Crippen LogP contribution in [0.3, 0.4) is 0 Å². The second-order valence-corrected chi connectivity index (χ2v) is 5.35. The number of benzene rings is 1. The Morgan fingerprint density at radius 2 is 1.75 bits per heavy atom. The van der Waals surface area contributed by atoms with Crippen LogP contribution in [0.4, 0.5) is 27.4 Å². The van der Waals surface area contributed by atoms with Crippen molar-refractivity contribution in [1.29, 1.82) is 0 Å². The first-order valence-corrected chi connectivity index (χ1v) is 7.52. The van der Waals surface area contributed by atoms with E-state index in [0.717, 1.165) is 5.69 Å². The summed E-state index contributed by atoms with van der Waals surface area (Å²) in [5, 5.41) is 14.1. The first-order chi connectivity index (χ1) is 11.6. The Morgan fingerprint density at radius 1 is 1.12 bits per heavy atom. The maximum absolute atomic E-state index is 13.0. The number of anilines is 3. The van der Waals surface area contributed by atoms with Crippen LogP contribution in [0.1, 0.15) is 0 Å². The molecule has 1 aliphatic heterocycles. The van der Waals surface area contributed by atoms with Gasteiger partial charge in [-0.25, -0.2) is 14.4 Å². The molecule has 0 spiro atoms. The maximum atomic E-state index is 13.0. The molecule has 1 saturated heterocycles. The molecule has 1 aliphatic rings. The van der Waals surface area contributed by atoms with Crippen LogP contribution in [0.25, 0.3) is 0 Å². The van der Waals surface area contributed by atoms with Gasteiger partial charge >= 0.3 is 5.69 Å². The summed E-state index contributed by atoms with van der Waals surface area (Å²) in [6, 6.07) is 6.32. The molecule has 24 heavy (non-hydrogen) atoms. The van der Waals surface area contributed by atoms with Gasteiger partial charge in [-0.1, -0.05) is 0 Å². The van der Waals surface area contributed by atoms with E-state index in [1.54, 1.807) is 19.2 Å². The summed E-state index contributed by atoms with van der Waals surface area (Å²) in [4.78, 5) is 22.9. The minimum Gasteiger partial charge on any atom is -0.368 e. The smallest absolute Gasteiger partial charge is 0.353 e. The van der Waals surface area contributed by atoms with E-state index in [9.17, 15) is 14.5 Å². The highest BCUT2D eigenvalue weighted by atomic mass is 19.1. The van der Waals surface area contributed by atoms with Crippen molar-refractivity contribution in [3.63, 3.8) is 0 Å². The van der Waals surface area contributed by atoms with E-state index < -0.39 is 4.92 Å². The molecule has 2 aromatic rings. The fraction of sp³-hybridized carbons (Fsp3) is 0.333. The second kappa shape index (κ2) is 6.65. The standard InChI is InChI=1S/C15H17FN6O2/c1-17-14-13(22(23)24)15(19-10-18-14)21-8-6-20(7-9-21)12-4-2-11(16)3-5-12/h2-5,10H,6-9H2,1H3,(H,17,18,19). The van der Waals surface area contributed by atoms with Gasteiger partial charge in [0.15, 0.2) is 0 Å². The van der Waals surface area contributed by atoms with Crippen LogP contribution in [0.2, 0.25) is 0 Å². The van der Waals surface area contributed by atoms with Gasteiger partial charge in [-0.3, -0.25) is 10.1 Å². The Kier molecular flexibility index (Phi) is 4.41. The van der Waals surface area contributed by atoms with Crippen LogP contribution in [-0.4, -0.2) is 48.1 Å². The van der Waals surface area contributed by atoms with Gasteiger partial charge in [-0.05, 0) is 24.3 Å². The zero-order valence-corrected chi connectivity index (χ0v) is 13.1. The summed E-state index contributed by atoms with van der Waals surface area (Å²) < 4.78 is 13.0. The number of nitro groups is 1. The maximum Gasteiger partial charge on any atom is 0.353 e. The van der Waals surface area contributed by atoms with Crippen LogP contribution in [0.5, 0.6) is 0 Å². The molecule has 126 valence electrons. The molecule has 0 saturated carbocycles. The number of halogens is 1. The molecule has 8 nitrogen and oxygen atoms in total. The van der Waals surface area contributed by atoms with Crippen LogP contribution < -0.4 is 15.1 Å². The lowest BCUT2D eigenvalue weighted by Crippen LogP contribution is -2.47. The summed E-state index contributed by atoms with van der Waals surface area (Å²) >= 11 is 0. The van der Waals surface area contributed by atoms with E-state index in [1.165, 1.54) is 18.5 Å². The topological polar surface area (TPSA) is 87.4 Å². The molecular weight excluding hydrogens is 315 g/mol. The molecule has 2 heterocycles.